The van der Waals surface area contributed by atoms with Gasteiger partial charge in [0.15, 0.2) is 0 Å². The molecule has 0 aliphatic carbocycles. The van der Waals surface area contributed by atoms with E-state index in [1.54, 1.807) is 0 Å². The molecule has 0 saturated carbocycles. The number of allylic oxidation sites excluding steroid dienone is 1. The number of piperidine rings is 1. The van der Waals surface area contributed by atoms with Crippen molar-refractivity contribution < 1.29 is 4.79 Å². The molecule has 23 heavy (non-hydrogen) atoms. The number of carbonyl (C=O) groups excluding carboxylic acids is 1. The fourth-order valence-electron chi connectivity index (χ4n) is 3.08. The van der Waals surface area contributed by atoms with Gasteiger partial charge >= 0.3 is 0 Å². The summed E-state index contributed by atoms with van der Waals surface area (Å²) < 4.78 is 0. The molecular formula is C18H22N4O. The Balaban J connectivity index is 1.59. The van der Waals surface area contributed by atoms with Crippen molar-refractivity contribution in [3.05, 3.63) is 53.1 Å². The number of hydrogen-bond donors (Lipinski definition) is 1. The zero-order valence-electron chi connectivity index (χ0n) is 13.6. The van der Waals surface area contributed by atoms with Gasteiger partial charge in [0.2, 0.25) is 5.82 Å². The average molecular weight is 310 g/mol. The predicted octanol–water partition coefficient (Wildman–Crippen LogP) is 2.99. The Morgan fingerprint density at radius 2 is 1.96 bits per heavy atom. The van der Waals surface area contributed by atoms with Gasteiger partial charge < -0.3 is 4.90 Å². The Bertz CT molecular complexity index is 678. The Kier molecular flexibility index (Phi) is 4.55. The highest BCUT2D eigenvalue weighted by Crippen LogP contribution is 2.22. The van der Waals surface area contributed by atoms with Crippen molar-refractivity contribution in [3.8, 4) is 0 Å². The van der Waals surface area contributed by atoms with Gasteiger partial charge in [-0.1, -0.05) is 30.4 Å². The second-order valence-electron chi connectivity index (χ2n) is 6.13. The number of nitrogens with zero attached hydrogens (tertiary/aromatic N) is 3. The molecule has 1 aromatic carbocycles. The van der Waals surface area contributed by atoms with E-state index >= 15 is 0 Å². The van der Waals surface area contributed by atoms with E-state index in [4.69, 9.17) is 0 Å². The molecule has 1 saturated heterocycles. The number of aryl methyl sites for hydroxylation is 2. The topological polar surface area (TPSA) is 61.9 Å². The van der Waals surface area contributed by atoms with E-state index in [0.717, 1.165) is 25.9 Å². The maximum Gasteiger partial charge on any atom is 0.291 e. The number of hydrogen-bond acceptors (Lipinski definition) is 3. The molecule has 0 bridgehead atoms. The van der Waals surface area contributed by atoms with Gasteiger partial charge in [0.1, 0.15) is 6.33 Å². The molecule has 5 heteroatoms. The summed E-state index contributed by atoms with van der Waals surface area (Å²) in [7, 11) is 0. The number of aromatic nitrogens is 3. The van der Waals surface area contributed by atoms with E-state index in [-0.39, 0.29) is 5.91 Å². The Hall–Kier alpha value is -2.43. The zero-order chi connectivity index (χ0) is 16.2. The molecule has 5 nitrogen and oxygen atoms in total. The lowest BCUT2D eigenvalue weighted by molar-refractivity contribution is 0.0693. The summed E-state index contributed by atoms with van der Waals surface area (Å²) in [4.78, 5) is 18.0. The van der Waals surface area contributed by atoms with Gasteiger partial charge in [-0.25, -0.2) is 4.98 Å². The van der Waals surface area contributed by atoms with Crippen LogP contribution in [0.2, 0.25) is 0 Å². The van der Waals surface area contributed by atoms with Crippen LogP contribution >= 0.6 is 0 Å². The number of benzene rings is 1. The van der Waals surface area contributed by atoms with Crippen molar-refractivity contribution in [3.63, 3.8) is 0 Å². The second-order valence-corrected chi connectivity index (χ2v) is 6.13. The van der Waals surface area contributed by atoms with Crippen LogP contribution in [0.3, 0.4) is 0 Å². The summed E-state index contributed by atoms with van der Waals surface area (Å²) >= 11 is 0. The summed E-state index contributed by atoms with van der Waals surface area (Å²) in [5.74, 6) is 0.794. The smallest absolute Gasteiger partial charge is 0.291 e. The first kappa shape index (κ1) is 15.5. The van der Waals surface area contributed by atoms with Crippen molar-refractivity contribution in [2.24, 2.45) is 5.92 Å². The standard InChI is InChI=1S/C18H22N4O/c1-13-4-3-5-14(2)16(13)7-6-15-8-10-22(11-9-15)18(23)17-19-12-20-21-17/h3-7,12,15H,8-11H2,1-2H3,(H,19,20,21)/b7-6+. The number of likely N-dealkylation sites (tertiary alicyclic amines) is 1. The van der Waals surface area contributed by atoms with Gasteiger partial charge in [0.05, 0.1) is 0 Å². The summed E-state index contributed by atoms with van der Waals surface area (Å²) in [6.07, 6.45) is 7.88. The summed E-state index contributed by atoms with van der Waals surface area (Å²) in [6.45, 7) is 5.82. The molecule has 2 aromatic rings. The fourth-order valence-corrected chi connectivity index (χ4v) is 3.08. The predicted molar refractivity (Wildman–Crippen MR) is 90.0 cm³/mol. The first-order valence-corrected chi connectivity index (χ1v) is 8.04. The highest BCUT2D eigenvalue weighted by atomic mass is 16.2. The minimum Gasteiger partial charge on any atom is -0.336 e. The van der Waals surface area contributed by atoms with E-state index in [2.05, 4.69) is 59.4 Å². The first-order chi connectivity index (χ1) is 11.1. The van der Waals surface area contributed by atoms with Gasteiger partial charge in [0, 0.05) is 13.1 Å². The van der Waals surface area contributed by atoms with Gasteiger partial charge in [-0.05, 0) is 49.3 Å². The summed E-state index contributed by atoms with van der Waals surface area (Å²) in [5.41, 5.74) is 3.92. The van der Waals surface area contributed by atoms with E-state index in [9.17, 15) is 4.79 Å². The lowest BCUT2D eigenvalue weighted by atomic mass is 9.94. The van der Waals surface area contributed by atoms with Crippen LogP contribution in [0.25, 0.3) is 6.08 Å². The lowest BCUT2D eigenvalue weighted by Crippen LogP contribution is -2.38. The van der Waals surface area contributed by atoms with E-state index < -0.39 is 0 Å². The molecule has 1 fully saturated rings. The SMILES string of the molecule is Cc1cccc(C)c1/C=C/C1CCN(C(=O)c2ncn[nH]2)CC1. The van der Waals surface area contributed by atoms with Crippen molar-refractivity contribution >= 4 is 12.0 Å². The Morgan fingerprint density at radius 3 is 2.57 bits per heavy atom. The molecule has 1 aromatic heterocycles. The quantitative estimate of drug-likeness (QED) is 0.948. The number of H-pyrrole nitrogens is 1. The molecule has 1 amide bonds. The highest BCUT2D eigenvalue weighted by molar-refractivity contribution is 5.90. The monoisotopic (exact) mass is 310 g/mol. The highest BCUT2D eigenvalue weighted by Gasteiger charge is 2.23. The van der Waals surface area contributed by atoms with Gasteiger partial charge in [-0.2, -0.15) is 5.10 Å². The van der Waals surface area contributed by atoms with Crippen molar-refractivity contribution in [1.82, 2.24) is 20.1 Å². The van der Waals surface area contributed by atoms with Crippen LogP contribution in [-0.4, -0.2) is 39.1 Å². The molecule has 1 N–H and O–H groups in total. The molecule has 2 heterocycles. The van der Waals surface area contributed by atoms with Crippen LogP contribution in [0.15, 0.2) is 30.6 Å². The van der Waals surface area contributed by atoms with Gasteiger partial charge in [-0.15, -0.1) is 0 Å². The van der Waals surface area contributed by atoms with Crippen LogP contribution < -0.4 is 0 Å². The number of aromatic amines is 1. The Labute approximate surface area is 136 Å². The minimum atomic E-state index is -0.0559. The molecule has 1 aliphatic rings. The van der Waals surface area contributed by atoms with Crippen molar-refractivity contribution in [1.29, 1.82) is 0 Å². The molecule has 120 valence electrons. The van der Waals surface area contributed by atoms with Crippen LogP contribution in [-0.2, 0) is 0 Å². The number of nitrogens with one attached hydrogen (secondary N) is 1. The van der Waals surface area contributed by atoms with E-state index in [1.807, 2.05) is 4.90 Å². The molecule has 0 unspecified atom stereocenters. The third kappa shape index (κ3) is 3.50. The maximum absolute atomic E-state index is 12.2. The maximum atomic E-state index is 12.2. The van der Waals surface area contributed by atoms with Gasteiger partial charge in [-0.3, -0.25) is 9.89 Å². The molecule has 3 rings (SSSR count). The van der Waals surface area contributed by atoms with Crippen molar-refractivity contribution in [2.45, 2.75) is 26.7 Å². The molecule has 1 aliphatic heterocycles. The number of amides is 1. The summed E-state index contributed by atoms with van der Waals surface area (Å²) in [6, 6.07) is 6.38. The minimum absolute atomic E-state index is 0.0559. The molecule has 0 atom stereocenters. The third-order valence-electron chi connectivity index (χ3n) is 4.52. The molecular weight excluding hydrogens is 288 g/mol. The third-order valence-corrected chi connectivity index (χ3v) is 4.52. The van der Waals surface area contributed by atoms with Gasteiger partial charge in [0.25, 0.3) is 5.91 Å². The first-order valence-electron chi connectivity index (χ1n) is 8.04. The van der Waals surface area contributed by atoms with Crippen LogP contribution in [0.5, 0.6) is 0 Å². The van der Waals surface area contributed by atoms with Crippen LogP contribution in [0.1, 0.15) is 40.2 Å². The zero-order valence-corrected chi connectivity index (χ0v) is 13.6. The van der Waals surface area contributed by atoms with Crippen LogP contribution in [0.4, 0.5) is 0 Å². The largest absolute Gasteiger partial charge is 0.336 e. The average Bonchev–Trinajstić information content (AvgIpc) is 3.09. The van der Waals surface area contributed by atoms with E-state index in [0.29, 0.717) is 11.7 Å². The second kappa shape index (κ2) is 6.77. The number of carbonyl (C=O) groups is 1. The molecule has 0 radical (unpaired) electrons. The number of rotatable bonds is 3. The normalized spacial score (nSPS) is 16.2. The molecule has 0 spiro atoms. The Morgan fingerprint density at radius 1 is 1.26 bits per heavy atom. The summed E-state index contributed by atoms with van der Waals surface area (Å²) in [5, 5.41) is 6.38. The fraction of sp³-hybridized carbons (Fsp3) is 0.389. The van der Waals surface area contributed by atoms with Crippen LogP contribution in [0, 0.1) is 19.8 Å². The van der Waals surface area contributed by atoms with E-state index in [1.165, 1.54) is 23.0 Å². The lowest BCUT2D eigenvalue weighted by Gasteiger charge is -2.30. The van der Waals surface area contributed by atoms with Crippen molar-refractivity contribution in [2.75, 3.05) is 13.1 Å².